The van der Waals surface area contributed by atoms with Gasteiger partial charge in [0, 0.05) is 34.1 Å². The minimum Gasteiger partial charge on any atom is -0.496 e. The number of hydrogen-bond acceptors (Lipinski definition) is 3. The van der Waals surface area contributed by atoms with Gasteiger partial charge in [-0.1, -0.05) is 48.5 Å². The summed E-state index contributed by atoms with van der Waals surface area (Å²) >= 11 is 0. The second kappa shape index (κ2) is 7.50. The van der Waals surface area contributed by atoms with Gasteiger partial charge in [-0.25, -0.2) is 0 Å². The van der Waals surface area contributed by atoms with E-state index < -0.39 is 12.0 Å². The lowest BCUT2D eigenvalue weighted by atomic mass is 9.95. The van der Waals surface area contributed by atoms with E-state index in [2.05, 4.69) is 28.1 Å². The molecule has 0 spiro atoms. The van der Waals surface area contributed by atoms with Crippen molar-refractivity contribution >= 4 is 27.6 Å². The van der Waals surface area contributed by atoms with E-state index in [1.807, 2.05) is 48.7 Å². The van der Waals surface area contributed by atoms with Crippen LogP contribution in [-0.4, -0.2) is 34.6 Å². The maximum atomic E-state index is 12.5. The molecule has 0 bridgehead atoms. The summed E-state index contributed by atoms with van der Waals surface area (Å²) in [7, 11) is 1.68. The van der Waals surface area contributed by atoms with Crippen LogP contribution in [0.2, 0.25) is 0 Å². The molecule has 30 heavy (non-hydrogen) atoms. The Morgan fingerprint density at radius 3 is 2.57 bits per heavy atom. The normalized spacial score (nSPS) is 18.1. The molecule has 1 aliphatic rings. The lowest BCUT2D eigenvalue weighted by Gasteiger charge is -2.31. The second-order valence-corrected chi connectivity index (χ2v) is 7.83. The number of ether oxygens (including phenoxy) is 1. The Balaban J connectivity index is 1.62. The SMILES string of the molecule is COc1ccc([C@@H]2CCCN2[C@H](C(=O)O)c2c[nH]c3ccccc23)c2ccccc12. The number of methoxy groups -OCH3 is 1. The molecular weight excluding hydrogens is 376 g/mol. The number of aliphatic carboxylic acids is 1. The fraction of sp³-hybridized carbons (Fsp3) is 0.240. The van der Waals surface area contributed by atoms with Crippen molar-refractivity contribution in [2.45, 2.75) is 24.9 Å². The summed E-state index contributed by atoms with van der Waals surface area (Å²) in [6, 6.07) is 19.5. The van der Waals surface area contributed by atoms with Crippen molar-refractivity contribution in [1.29, 1.82) is 0 Å². The van der Waals surface area contributed by atoms with Crippen LogP contribution in [0, 0.1) is 0 Å². The number of nitrogens with zero attached hydrogens (tertiary/aromatic N) is 1. The van der Waals surface area contributed by atoms with E-state index >= 15 is 0 Å². The molecule has 2 heterocycles. The highest BCUT2D eigenvalue weighted by Gasteiger charge is 2.38. The van der Waals surface area contributed by atoms with Crippen LogP contribution in [0.25, 0.3) is 21.7 Å². The van der Waals surface area contributed by atoms with Crippen LogP contribution in [0.15, 0.2) is 66.9 Å². The van der Waals surface area contributed by atoms with Crippen LogP contribution in [0.5, 0.6) is 5.75 Å². The molecule has 1 fully saturated rings. The zero-order valence-electron chi connectivity index (χ0n) is 16.8. The monoisotopic (exact) mass is 400 g/mol. The fourth-order valence-corrected chi connectivity index (χ4v) is 4.97. The zero-order valence-corrected chi connectivity index (χ0v) is 16.8. The molecule has 4 aromatic rings. The van der Waals surface area contributed by atoms with E-state index in [0.29, 0.717) is 0 Å². The molecule has 0 unspecified atom stereocenters. The average Bonchev–Trinajstić information content (AvgIpc) is 3.41. The standard InChI is InChI=1S/C25H24N2O3/c1-30-23-13-12-18(16-7-2-3-9-19(16)23)22-11-6-14-27(22)24(25(28)29)20-15-26-21-10-5-4-8-17(20)21/h2-5,7-10,12-13,15,22,24,26H,6,11,14H2,1H3,(H,28,29)/t22-,24-/m0/s1. The molecule has 0 saturated carbocycles. The molecule has 152 valence electrons. The summed E-state index contributed by atoms with van der Waals surface area (Å²) in [5.41, 5.74) is 2.95. The van der Waals surface area contributed by atoms with Gasteiger partial charge in [0.2, 0.25) is 0 Å². The van der Waals surface area contributed by atoms with Crippen molar-refractivity contribution in [3.63, 3.8) is 0 Å². The van der Waals surface area contributed by atoms with Crippen LogP contribution >= 0.6 is 0 Å². The number of H-pyrrole nitrogens is 1. The fourth-order valence-electron chi connectivity index (χ4n) is 4.97. The van der Waals surface area contributed by atoms with Gasteiger partial charge in [0.05, 0.1) is 7.11 Å². The Hall–Kier alpha value is -3.31. The molecule has 1 aliphatic heterocycles. The summed E-state index contributed by atoms with van der Waals surface area (Å²) in [6.07, 6.45) is 3.75. The summed E-state index contributed by atoms with van der Waals surface area (Å²) in [5, 5.41) is 13.4. The number of carboxylic acid groups (broad SMARTS) is 1. The average molecular weight is 400 g/mol. The van der Waals surface area contributed by atoms with Crippen LogP contribution in [-0.2, 0) is 4.79 Å². The molecule has 2 atom stereocenters. The number of carboxylic acids is 1. The maximum Gasteiger partial charge on any atom is 0.325 e. The van der Waals surface area contributed by atoms with Crippen molar-refractivity contribution < 1.29 is 14.6 Å². The number of hydrogen-bond donors (Lipinski definition) is 2. The molecule has 0 radical (unpaired) electrons. The summed E-state index contributed by atoms with van der Waals surface area (Å²) in [4.78, 5) is 17.9. The predicted molar refractivity (Wildman–Crippen MR) is 118 cm³/mol. The Labute approximate surface area is 174 Å². The molecule has 5 rings (SSSR count). The van der Waals surface area contributed by atoms with Crippen LogP contribution in [0.1, 0.15) is 36.1 Å². The number of rotatable bonds is 5. The second-order valence-electron chi connectivity index (χ2n) is 7.83. The van der Waals surface area contributed by atoms with E-state index in [4.69, 9.17) is 4.74 Å². The Bertz CT molecular complexity index is 1230. The van der Waals surface area contributed by atoms with E-state index in [1.54, 1.807) is 7.11 Å². The maximum absolute atomic E-state index is 12.5. The minimum atomic E-state index is -0.815. The number of para-hydroxylation sites is 1. The highest BCUT2D eigenvalue weighted by molar-refractivity contribution is 5.92. The van der Waals surface area contributed by atoms with Gasteiger partial charge < -0.3 is 14.8 Å². The first-order valence-corrected chi connectivity index (χ1v) is 10.3. The van der Waals surface area contributed by atoms with Gasteiger partial charge in [0.25, 0.3) is 0 Å². The van der Waals surface area contributed by atoms with E-state index in [9.17, 15) is 9.90 Å². The molecule has 5 nitrogen and oxygen atoms in total. The lowest BCUT2D eigenvalue weighted by Crippen LogP contribution is -2.33. The van der Waals surface area contributed by atoms with Crippen molar-refractivity contribution in [3.05, 3.63) is 78.0 Å². The van der Waals surface area contributed by atoms with Crippen molar-refractivity contribution in [3.8, 4) is 5.75 Å². The third-order valence-electron chi connectivity index (χ3n) is 6.27. The molecule has 1 saturated heterocycles. The Morgan fingerprint density at radius 1 is 1.07 bits per heavy atom. The number of aromatic amines is 1. The molecule has 1 aromatic heterocycles. The predicted octanol–water partition coefficient (Wildman–Crippen LogP) is 5.29. The first-order valence-electron chi connectivity index (χ1n) is 10.3. The zero-order chi connectivity index (χ0) is 20.7. The summed E-state index contributed by atoms with van der Waals surface area (Å²) < 4.78 is 5.55. The number of likely N-dealkylation sites (tertiary alicyclic amines) is 1. The number of carbonyl (C=O) groups is 1. The first-order chi connectivity index (χ1) is 14.7. The van der Waals surface area contributed by atoms with Crippen LogP contribution < -0.4 is 4.74 Å². The minimum absolute atomic E-state index is 0.0376. The van der Waals surface area contributed by atoms with Gasteiger partial charge in [0.1, 0.15) is 11.8 Å². The largest absolute Gasteiger partial charge is 0.496 e. The quantitative estimate of drug-likeness (QED) is 0.478. The molecular formula is C25H24N2O3. The number of benzene rings is 3. The summed E-state index contributed by atoms with van der Waals surface area (Å²) in [6.45, 7) is 0.751. The number of fused-ring (bicyclic) bond motifs is 2. The molecule has 3 aromatic carbocycles. The number of nitrogens with one attached hydrogen (secondary N) is 1. The van der Waals surface area contributed by atoms with Crippen LogP contribution in [0.3, 0.4) is 0 Å². The molecule has 0 amide bonds. The first kappa shape index (κ1) is 18.7. The van der Waals surface area contributed by atoms with Gasteiger partial charge in [0.15, 0.2) is 0 Å². The third-order valence-corrected chi connectivity index (χ3v) is 6.27. The topological polar surface area (TPSA) is 65.6 Å². The van der Waals surface area contributed by atoms with Crippen molar-refractivity contribution in [2.75, 3.05) is 13.7 Å². The Morgan fingerprint density at radius 2 is 1.80 bits per heavy atom. The highest BCUT2D eigenvalue weighted by Crippen LogP contribution is 2.43. The number of aromatic nitrogens is 1. The van der Waals surface area contributed by atoms with Crippen molar-refractivity contribution in [1.82, 2.24) is 9.88 Å². The van der Waals surface area contributed by atoms with Gasteiger partial charge in [-0.2, -0.15) is 0 Å². The van der Waals surface area contributed by atoms with Gasteiger partial charge in [-0.3, -0.25) is 9.69 Å². The van der Waals surface area contributed by atoms with E-state index in [0.717, 1.165) is 57.9 Å². The third kappa shape index (κ3) is 2.94. The molecule has 0 aliphatic carbocycles. The lowest BCUT2D eigenvalue weighted by molar-refractivity contribution is -0.144. The molecule has 5 heteroatoms. The van der Waals surface area contributed by atoms with Gasteiger partial charge >= 0.3 is 5.97 Å². The Kier molecular flexibility index (Phi) is 4.68. The molecule has 2 N–H and O–H groups in total. The van der Waals surface area contributed by atoms with Gasteiger partial charge in [-0.15, -0.1) is 0 Å². The van der Waals surface area contributed by atoms with E-state index in [1.165, 1.54) is 0 Å². The van der Waals surface area contributed by atoms with Crippen LogP contribution in [0.4, 0.5) is 0 Å². The summed E-state index contributed by atoms with van der Waals surface area (Å²) in [5.74, 6) is 0.0229. The highest BCUT2D eigenvalue weighted by atomic mass is 16.5. The van der Waals surface area contributed by atoms with Gasteiger partial charge in [-0.05, 0) is 42.5 Å². The van der Waals surface area contributed by atoms with E-state index in [-0.39, 0.29) is 6.04 Å². The van der Waals surface area contributed by atoms with Crippen molar-refractivity contribution in [2.24, 2.45) is 0 Å². The smallest absolute Gasteiger partial charge is 0.325 e.